The van der Waals surface area contributed by atoms with Gasteiger partial charge in [-0.2, -0.15) is 5.26 Å². The van der Waals surface area contributed by atoms with Gasteiger partial charge >= 0.3 is 0 Å². The monoisotopic (exact) mass is 252 g/mol. The highest BCUT2D eigenvalue weighted by Gasteiger charge is 2.02. The molecule has 0 unspecified atom stereocenters. The first-order valence-corrected chi connectivity index (χ1v) is 6.76. The van der Waals surface area contributed by atoms with Crippen molar-refractivity contribution in [2.45, 2.75) is 13.0 Å². The van der Waals surface area contributed by atoms with E-state index in [1.165, 1.54) is 10.4 Å². The number of nitrogens with zero attached hydrogens (tertiary/aromatic N) is 2. The number of hydrogen-bond acceptors (Lipinski definition) is 2. The molecule has 2 nitrogen and oxygen atoms in total. The first-order valence-electron chi connectivity index (χ1n) is 5.88. The lowest BCUT2D eigenvalue weighted by Gasteiger charge is -2.04. The van der Waals surface area contributed by atoms with Gasteiger partial charge in [0.1, 0.15) is 0 Å². The molecule has 0 atom stereocenters. The maximum atomic E-state index is 8.88. The quantitative estimate of drug-likeness (QED) is 0.696. The van der Waals surface area contributed by atoms with Crippen LogP contribution in [-0.2, 0) is 13.0 Å². The van der Waals surface area contributed by atoms with Gasteiger partial charge in [0.15, 0.2) is 0 Å². The van der Waals surface area contributed by atoms with Crippen molar-refractivity contribution in [3.8, 4) is 6.07 Å². The fourth-order valence-corrected chi connectivity index (χ4v) is 2.85. The van der Waals surface area contributed by atoms with Gasteiger partial charge in [-0.25, -0.2) is 0 Å². The van der Waals surface area contributed by atoms with E-state index in [0.717, 1.165) is 23.9 Å². The lowest BCUT2D eigenvalue weighted by atomic mass is 10.2. The molecule has 0 radical (unpaired) electrons. The lowest BCUT2D eigenvalue weighted by molar-refractivity contribution is 0.730. The number of fused-ring (bicyclic) bond motifs is 1. The minimum atomic E-state index is 0.721. The SMILES string of the molecule is N#Cc1ccc2c(ccn2CCc2cccs2)c1. The summed E-state index contributed by atoms with van der Waals surface area (Å²) in [5, 5.41) is 12.1. The standard InChI is InChI=1S/C15H12N2S/c16-11-12-3-4-15-13(10-12)5-7-17(15)8-6-14-2-1-9-18-14/h1-5,7,9-10H,6,8H2. The van der Waals surface area contributed by atoms with Gasteiger partial charge in [0.2, 0.25) is 0 Å². The predicted octanol–water partition coefficient (Wildman–Crippen LogP) is 3.82. The molecule has 0 aliphatic rings. The average Bonchev–Trinajstić information content (AvgIpc) is 3.05. The number of aromatic nitrogens is 1. The molecule has 3 heteroatoms. The maximum absolute atomic E-state index is 8.88. The zero-order valence-corrected chi connectivity index (χ0v) is 10.7. The molecule has 1 aromatic carbocycles. The van der Waals surface area contributed by atoms with Crippen molar-refractivity contribution in [3.63, 3.8) is 0 Å². The Morgan fingerprint density at radius 1 is 1.22 bits per heavy atom. The fraction of sp³-hybridized carbons (Fsp3) is 0.133. The summed E-state index contributed by atoms with van der Waals surface area (Å²) in [6.45, 7) is 0.982. The molecule has 18 heavy (non-hydrogen) atoms. The topological polar surface area (TPSA) is 28.7 Å². The molecule has 2 aromatic heterocycles. The third-order valence-corrected chi connectivity index (χ3v) is 4.02. The first kappa shape index (κ1) is 11.1. The highest BCUT2D eigenvalue weighted by Crippen LogP contribution is 2.18. The summed E-state index contributed by atoms with van der Waals surface area (Å²) < 4.78 is 2.25. The molecule has 88 valence electrons. The zero-order valence-electron chi connectivity index (χ0n) is 9.84. The van der Waals surface area contributed by atoms with Gasteiger partial charge in [-0.15, -0.1) is 11.3 Å². The average molecular weight is 252 g/mol. The van der Waals surface area contributed by atoms with Gasteiger partial charge in [-0.1, -0.05) is 6.07 Å². The van der Waals surface area contributed by atoms with Crippen LogP contribution in [0.4, 0.5) is 0 Å². The molecule has 0 saturated carbocycles. The molecule has 0 bridgehead atoms. The number of benzene rings is 1. The minimum absolute atomic E-state index is 0.721. The Bertz CT molecular complexity index is 702. The van der Waals surface area contributed by atoms with Crippen LogP contribution < -0.4 is 0 Å². The van der Waals surface area contributed by atoms with Crippen molar-refractivity contribution in [1.29, 1.82) is 5.26 Å². The molecule has 0 N–H and O–H groups in total. The summed E-state index contributed by atoms with van der Waals surface area (Å²) in [4.78, 5) is 1.41. The van der Waals surface area contributed by atoms with Crippen LogP contribution in [0.5, 0.6) is 0 Å². The van der Waals surface area contributed by atoms with Crippen LogP contribution in [0.2, 0.25) is 0 Å². The summed E-state index contributed by atoms with van der Waals surface area (Å²) in [5.41, 5.74) is 1.92. The predicted molar refractivity (Wildman–Crippen MR) is 74.7 cm³/mol. The first-order chi connectivity index (χ1) is 8.86. The third-order valence-electron chi connectivity index (χ3n) is 3.08. The molecule has 0 aliphatic heterocycles. The van der Waals surface area contributed by atoms with Crippen molar-refractivity contribution < 1.29 is 0 Å². The molecule has 0 amide bonds. The van der Waals surface area contributed by atoms with Crippen LogP contribution in [0, 0.1) is 11.3 Å². The Morgan fingerprint density at radius 2 is 2.17 bits per heavy atom. The van der Waals surface area contributed by atoms with E-state index < -0.39 is 0 Å². The molecule has 0 spiro atoms. The second kappa shape index (κ2) is 4.67. The Kier molecular flexibility index (Phi) is 2.87. The summed E-state index contributed by atoms with van der Waals surface area (Å²) in [6.07, 6.45) is 3.15. The second-order valence-corrected chi connectivity index (χ2v) is 5.26. The van der Waals surface area contributed by atoms with Gasteiger partial charge in [0, 0.05) is 28.5 Å². The number of nitriles is 1. The van der Waals surface area contributed by atoms with E-state index in [4.69, 9.17) is 5.26 Å². The summed E-state index contributed by atoms with van der Waals surface area (Å²) >= 11 is 1.80. The Morgan fingerprint density at radius 3 is 2.94 bits per heavy atom. The van der Waals surface area contributed by atoms with E-state index in [9.17, 15) is 0 Å². The summed E-state index contributed by atoms with van der Waals surface area (Å²) in [6, 6.07) is 14.4. The number of rotatable bonds is 3. The molecule has 3 rings (SSSR count). The van der Waals surface area contributed by atoms with E-state index in [-0.39, 0.29) is 0 Å². The minimum Gasteiger partial charge on any atom is -0.347 e. The van der Waals surface area contributed by atoms with E-state index >= 15 is 0 Å². The van der Waals surface area contributed by atoms with E-state index in [0.29, 0.717) is 0 Å². The Balaban J connectivity index is 1.87. The van der Waals surface area contributed by atoms with Crippen LogP contribution in [0.25, 0.3) is 10.9 Å². The fourth-order valence-electron chi connectivity index (χ4n) is 2.15. The van der Waals surface area contributed by atoms with Gasteiger partial charge in [0.25, 0.3) is 0 Å². The lowest BCUT2D eigenvalue weighted by Crippen LogP contribution is -1.98. The highest BCUT2D eigenvalue weighted by atomic mass is 32.1. The Hall–Kier alpha value is -2.05. The van der Waals surface area contributed by atoms with Gasteiger partial charge < -0.3 is 4.57 Å². The third kappa shape index (κ3) is 2.03. The zero-order chi connectivity index (χ0) is 12.4. The van der Waals surface area contributed by atoms with Crippen molar-refractivity contribution in [2.24, 2.45) is 0 Å². The molecule has 2 heterocycles. The van der Waals surface area contributed by atoms with Crippen molar-refractivity contribution in [2.75, 3.05) is 0 Å². The van der Waals surface area contributed by atoms with Crippen LogP contribution in [0.3, 0.4) is 0 Å². The van der Waals surface area contributed by atoms with Gasteiger partial charge in [-0.05, 0) is 42.1 Å². The van der Waals surface area contributed by atoms with E-state index in [2.05, 4.69) is 40.4 Å². The highest BCUT2D eigenvalue weighted by molar-refractivity contribution is 7.09. The van der Waals surface area contributed by atoms with Crippen LogP contribution in [0.15, 0.2) is 48.0 Å². The summed E-state index contributed by atoms with van der Waals surface area (Å²) in [5.74, 6) is 0. The molecule has 0 fully saturated rings. The van der Waals surface area contributed by atoms with Crippen LogP contribution in [-0.4, -0.2) is 4.57 Å². The van der Waals surface area contributed by atoms with Crippen LogP contribution in [0.1, 0.15) is 10.4 Å². The van der Waals surface area contributed by atoms with E-state index in [1.807, 2.05) is 18.2 Å². The molecular weight excluding hydrogens is 240 g/mol. The van der Waals surface area contributed by atoms with Crippen molar-refractivity contribution in [1.82, 2.24) is 4.57 Å². The normalized spacial score (nSPS) is 10.6. The number of thiophene rings is 1. The summed E-state index contributed by atoms with van der Waals surface area (Å²) in [7, 11) is 0. The smallest absolute Gasteiger partial charge is 0.0991 e. The molecule has 0 saturated heterocycles. The van der Waals surface area contributed by atoms with Gasteiger partial charge in [-0.3, -0.25) is 0 Å². The van der Waals surface area contributed by atoms with Crippen molar-refractivity contribution in [3.05, 3.63) is 58.4 Å². The van der Waals surface area contributed by atoms with E-state index in [1.54, 1.807) is 11.3 Å². The van der Waals surface area contributed by atoms with Gasteiger partial charge in [0.05, 0.1) is 11.6 Å². The maximum Gasteiger partial charge on any atom is 0.0991 e. The number of aryl methyl sites for hydroxylation is 2. The molecular formula is C15H12N2S. The largest absolute Gasteiger partial charge is 0.347 e. The van der Waals surface area contributed by atoms with Crippen molar-refractivity contribution >= 4 is 22.2 Å². The Labute approximate surface area is 110 Å². The number of hydrogen-bond donors (Lipinski definition) is 0. The molecule has 0 aliphatic carbocycles. The van der Waals surface area contributed by atoms with Crippen LogP contribution >= 0.6 is 11.3 Å². The second-order valence-electron chi connectivity index (χ2n) is 4.22. The molecule has 3 aromatic rings.